The second-order valence-electron chi connectivity index (χ2n) is 6.87. The number of hydrogen-bond acceptors (Lipinski definition) is 1. The number of unbranched alkanes of at least 4 members (excludes halogenated alkanes) is 1. The molecule has 4 aliphatic carbocycles. The van der Waals surface area contributed by atoms with Crippen LogP contribution < -0.4 is 0 Å². The number of alkyl halides is 1. The van der Waals surface area contributed by atoms with E-state index in [9.17, 15) is 0 Å². The van der Waals surface area contributed by atoms with Crippen LogP contribution in [0.1, 0.15) is 51.4 Å². The van der Waals surface area contributed by atoms with Crippen molar-refractivity contribution in [1.82, 2.24) is 0 Å². The summed E-state index contributed by atoms with van der Waals surface area (Å²) < 4.78 is 6.00. The van der Waals surface area contributed by atoms with Gasteiger partial charge < -0.3 is 4.74 Å². The van der Waals surface area contributed by atoms with Gasteiger partial charge in [-0.2, -0.15) is 0 Å². The lowest BCUT2D eigenvalue weighted by Gasteiger charge is -2.56. The van der Waals surface area contributed by atoms with Crippen LogP contribution in [0.15, 0.2) is 0 Å². The van der Waals surface area contributed by atoms with Crippen LogP contribution in [-0.2, 0) is 4.74 Å². The van der Waals surface area contributed by atoms with Gasteiger partial charge in [-0.25, -0.2) is 0 Å². The van der Waals surface area contributed by atoms with E-state index in [0.29, 0.717) is 5.41 Å². The zero-order valence-corrected chi connectivity index (χ0v) is 12.4. The second kappa shape index (κ2) is 5.21. The first-order valence-electron chi connectivity index (χ1n) is 7.43. The molecule has 4 saturated carbocycles. The van der Waals surface area contributed by atoms with Crippen LogP contribution in [0.25, 0.3) is 0 Å². The molecule has 17 heavy (non-hydrogen) atoms. The topological polar surface area (TPSA) is 9.23 Å². The molecule has 0 heterocycles. The van der Waals surface area contributed by atoms with Gasteiger partial charge in [-0.1, -0.05) is 15.9 Å². The van der Waals surface area contributed by atoms with E-state index in [0.717, 1.165) is 36.3 Å². The Labute approximate surface area is 114 Å². The second-order valence-corrected chi connectivity index (χ2v) is 7.66. The van der Waals surface area contributed by atoms with Gasteiger partial charge in [-0.3, -0.25) is 0 Å². The van der Waals surface area contributed by atoms with Crippen molar-refractivity contribution in [2.45, 2.75) is 51.4 Å². The minimum absolute atomic E-state index is 0.614. The van der Waals surface area contributed by atoms with Gasteiger partial charge in [0.1, 0.15) is 0 Å². The predicted octanol–water partition coefficient (Wildman–Crippen LogP) is 4.39. The van der Waals surface area contributed by atoms with Crippen molar-refractivity contribution in [3.63, 3.8) is 0 Å². The molecule has 4 bridgehead atoms. The summed E-state index contributed by atoms with van der Waals surface area (Å²) in [6.45, 7) is 2.05. The van der Waals surface area contributed by atoms with Gasteiger partial charge in [0.05, 0.1) is 6.61 Å². The first kappa shape index (κ1) is 12.5. The highest BCUT2D eigenvalue weighted by atomic mass is 79.9. The molecule has 0 radical (unpaired) electrons. The van der Waals surface area contributed by atoms with Crippen molar-refractivity contribution in [1.29, 1.82) is 0 Å². The van der Waals surface area contributed by atoms with Crippen LogP contribution in [0, 0.1) is 23.2 Å². The van der Waals surface area contributed by atoms with Gasteiger partial charge in [0.25, 0.3) is 0 Å². The molecule has 1 nitrogen and oxygen atoms in total. The Hall–Kier alpha value is 0.440. The van der Waals surface area contributed by atoms with Crippen LogP contribution >= 0.6 is 15.9 Å². The highest BCUT2D eigenvalue weighted by molar-refractivity contribution is 9.09. The van der Waals surface area contributed by atoms with Gasteiger partial charge in [0.2, 0.25) is 0 Å². The van der Waals surface area contributed by atoms with Gasteiger partial charge in [0.15, 0.2) is 0 Å². The molecule has 0 atom stereocenters. The molecule has 0 aromatic carbocycles. The SMILES string of the molecule is BrCCCCOCC12CC3CC(CC(C3)C1)C2. The fourth-order valence-electron chi connectivity index (χ4n) is 5.05. The van der Waals surface area contributed by atoms with E-state index in [1.807, 2.05) is 0 Å². The van der Waals surface area contributed by atoms with Crippen molar-refractivity contribution in [3.05, 3.63) is 0 Å². The lowest BCUT2D eigenvalue weighted by Crippen LogP contribution is -2.48. The summed E-state index contributed by atoms with van der Waals surface area (Å²) >= 11 is 3.48. The van der Waals surface area contributed by atoms with Gasteiger partial charge in [0, 0.05) is 11.9 Å². The molecule has 4 fully saturated rings. The number of hydrogen-bond donors (Lipinski definition) is 0. The Bertz CT molecular complexity index is 228. The lowest BCUT2D eigenvalue weighted by atomic mass is 9.50. The molecule has 0 N–H and O–H groups in total. The Morgan fingerprint density at radius 2 is 1.53 bits per heavy atom. The zero-order chi connectivity index (χ0) is 11.7. The maximum atomic E-state index is 6.00. The van der Waals surface area contributed by atoms with Crippen molar-refractivity contribution < 1.29 is 4.74 Å². The Morgan fingerprint density at radius 3 is 2.06 bits per heavy atom. The molecule has 0 saturated heterocycles. The minimum atomic E-state index is 0.614. The third-order valence-corrected chi connectivity index (χ3v) is 5.81. The van der Waals surface area contributed by atoms with Gasteiger partial charge in [-0.15, -0.1) is 0 Å². The third-order valence-electron chi connectivity index (χ3n) is 5.25. The summed E-state index contributed by atoms with van der Waals surface area (Å²) in [4.78, 5) is 0. The van der Waals surface area contributed by atoms with Crippen LogP contribution in [0.5, 0.6) is 0 Å². The molecule has 4 aliphatic rings. The number of ether oxygens (including phenoxy) is 1. The van der Waals surface area contributed by atoms with Crippen LogP contribution in [0.4, 0.5) is 0 Å². The summed E-state index contributed by atoms with van der Waals surface area (Å²) in [5.74, 6) is 3.19. The van der Waals surface area contributed by atoms with E-state index in [1.165, 1.54) is 32.1 Å². The summed E-state index contributed by atoms with van der Waals surface area (Å²) in [6.07, 6.45) is 11.6. The van der Waals surface area contributed by atoms with E-state index >= 15 is 0 Å². The third kappa shape index (κ3) is 2.73. The van der Waals surface area contributed by atoms with Gasteiger partial charge >= 0.3 is 0 Å². The van der Waals surface area contributed by atoms with E-state index in [-0.39, 0.29) is 0 Å². The summed E-state index contributed by atoms with van der Waals surface area (Å²) in [5.41, 5.74) is 0.614. The molecule has 0 aromatic rings. The fraction of sp³-hybridized carbons (Fsp3) is 1.00. The maximum Gasteiger partial charge on any atom is 0.0522 e. The van der Waals surface area contributed by atoms with Crippen LogP contribution in [0.3, 0.4) is 0 Å². The molecule has 98 valence electrons. The Morgan fingerprint density at radius 1 is 0.941 bits per heavy atom. The quantitative estimate of drug-likeness (QED) is 0.522. The summed E-state index contributed by atoms with van der Waals surface area (Å²) in [6, 6.07) is 0. The van der Waals surface area contributed by atoms with E-state index in [1.54, 1.807) is 19.3 Å². The minimum Gasteiger partial charge on any atom is -0.381 e. The largest absolute Gasteiger partial charge is 0.381 e. The van der Waals surface area contributed by atoms with Crippen molar-refractivity contribution >= 4 is 15.9 Å². The molecule has 0 aliphatic heterocycles. The lowest BCUT2D eigenvalue weighted by molar-refractivity contribution is -0.0964. The smallest absolute Gasteiger partial charge is 0.0522 e. The number of rotatable bonds is 6. The maximum absolute atomic E-state index is 6.00. The molecular formula is C15H25BrO. The van der Waals surface area contributed by atoms with Crippen molar-refractivity contribution in [2.75, 3.05) is 18.5 Å². The summed E-state index contributed by atoms with van der Waals surface area (Å²) in [7, 11) is 0. The molecule has 0 unspecified atom stereocenters. The average Bonchev–Trinajstić information content (AvgIpc) is 2.26. The molecule has 0 amide bonds. The van der Waals surface area contributed by atoms with E-state index in [2.05, 4.69) is 15.9 Å². The van der Waals surface area contributed by atoms with E-state index in [4.69, 9.17) is 4.74 Å². The van der Waals surface area contributed by atoms with Crippen LogP contribution in [0.2, 0.25) is 0 Å². The highest BCUT2D eigenvalue weighted by Crippen LogP contribution is 2.59. The Balaban J connectivity index is 1.49. The molecule has 0 spiro atoms. The zero-order valence-electron chi connectivity index (χ0n) is 10.8. The summed E-state index contributed by atoms with van der Waals surface area (Å²) in [5, 5.41) is 1.12. The first-order chi connectivity index (χ1) is 8.30. The number of halogens is 1. The molecule has 2 heteroatoms. The monoisotopic (exact) mass is 300 g/mol. The Kier molecular flexibility index (Phi) is 3.82. The van der Waals surface area contributed by atoms with E-state index < -0.39 is 0 Å². The fourth-order valence-corrected chi connectivity index (χ4v) is 5.45. The van der Waals surface area contributed by atoms with Crippen molar-refractivity contribution in [3.8, 4) is 0 Å². The van der Waals surface area contributed by atoms with Crippen molar-refractivity contribution in [2.24, 2.45) is 23.2 Å². The standard InChI is InChI=1S/C15H25BrO/c16-3-1-2-4-17-11-15-8-12-5-13(9-15)7-14(6-12)10-15/h12-14H,1-11H2. The normalized spacial score (nSPS) is 43.2. The first-order valence-corrected chi connectivity index (χ1v) is 8.55. The predicted molar refractivity (Wildman–Crippen MR) is 74.5 cm³/mol. The van der Waals surface area contributed by atoms with Crippen LogP contribution in [-0.4, -0.2) is 18.5 Å². The average molecular weight is 301 g/mol. The molecule has 0 aromatic heterocycles. The van der Waals surface area contributed by atoms with Gasteiger partial charge in [-0.05, 0) is 74.5 Å². The highest BCUT2D eigenvalue weighted by Gasteiger charge is 2.50. The molecule has 4 rings (SSSR count). The molecular weight excluding hydrogens is 276 g/mol.